The van der Waals surface area contributed by atoms with Crippen LogP contribution in [0.3, 0.4) is 0 Å². The van der Waals surface area contributed by atoms with Gasteiger partial charge in [0.2, 0.25) is 17.8 Å². The number of carbonyl (C=O) groups excluding carboxylic acids is 4. The molecule has 0 radical (unpaired) electrons. The van der Waals surface area contributed by atoms with Gasteiger partial charge in [0, 0.05) is 56.7 Å². The number of halogens is 4. The molecule has 0 bridgehead atoms. The SMILES string of the molecule is COc1cc(C(=O)NC2CC3(CCN(C[C@@H]4CCN(c5ccc(C6CCC(=O)NC6=O)cc5F)C[C@@H]4F)CC3)C2)ccc1Nc1ncc2c(n1)N(C1CCCC1)CC(F)(F)C(=O)N2C. The molecule has 6 aliphatic rings. The largest absolute Gasteiger partial charge is 0.495 e. The van der Waals surface area contributed by atoms with Gasteiger partial charge in [-0.05, 0) is 106 Å². The van der Waals surface area contributed by atoms with Crippen LogP contribution >= 0.6 is 0 Å². The summed E-state index contributed by atoms with van der Waals surface area (Å²) in [6.45, 7) is 2.21. The molecule has 3 saturated heterocycles. The summed E-state index contributed by atoms with van der Waals surface area (Å²) in [6, 6.07) is 9.49. The van der Waals surface area contributed by atoms with Gasteiger partial charge in [-0.15, -0.1) is 0 Å². The zero-order valence-corrected chi connectivity index (χ0v) is 36.2. The van der Waals surface area contributed by atoms with Gasteiger partial charge in [0.1, 0.15) is 23.4 Å². The molecular formula is C46H55F4N9O5. The average molecular weight is 890 g/mol. The van der Waals surface area contributed by atoms with E-state index in [4.69, 9.17) is 4.74 Å². The summed E-state index contributed by atoms with van der Waals surface area (Å²) in [5.74, 6) is -6.34. The highest BCUT2D eigenvalue weighted by molar-refractivity contribution is 6.02. The van der Waals surface area contributed by atoms with Crippen molar-refractivity contribution in [2.24, 2.45) is 11.3 Å². The zero-order chi connectivity index (χ0) is 44.9. The van der Waals surface area contributed by atoms with Crippen molar-refractivity contribution in [2.75, 3.05) is 73.4 Å². The van der Waals surface area contributed by atoms with E-state index in [2.05, 4.69) is 30.8 Å². The summed E-state index contributed by atoms with van der Waals surface area (Å²) in [7, 11) is 2.79. The van der Waals surface area contributed by atoms with Gasteiger partial charge in [-0.25, -0.2) is 13.8 Å². The number of hydrogen-bond acceptors (Lipinski definition) is 11. The molecule has 4 aliphatic heterocycles. The molecule has 9 rings (SSSR count). The summed E-state index contributed by atoms with van der Waals surface area (Å²) in [5.41, 5.74) is 2.06. The van der Waals surface area contributed by atoms with E-state index in [-0.39, 0.29) is 65.7 Å². The first-order valence-electron chi connectivity index (χ1n) is 22.5. The second kappa shape index (κ2) is 17.5. The van der Waals surface area contributed by atoms with E-state index in [9.17, 15) is 19.2 Å². The Morgan fingerprint density at radius 1 is 0.984 bits per heavy atom. The van der Waals surface area contributed by atoms with Crippen LogP contribution in [0.4, 0.5) is 46.4 Å². The van der Waals surface area contributed by atoms with Crippen molar-refractivity contribution in [1.82, 2.24) is 25.5 Å². The first-order chi connectivity index (χ1) is 30.7. The predicted molar refractivity (Wildman–Crippen MR) is 232 cm³/mol. The number of aromatic nitrogens is 2. The monoisotopic (exact) mass is 889 g/mol. The van der Waals surface area contributed by atoms with Gasteiger partial charge in [-0.2, -0.15) is 13.8 Å². The van der Waals surface area contributed by atoms with Crippen LogP contribution in [0.5, 0.6) is 5.75 Å². The Hall–Kier alpha value is -5.52. The minimum atomic E-state index is -3.59. The molecule has 14 nitrogen and oxygen atoms in total. The minimum absolute atomic E-state index is 0.0223. The average Bonchev–Trinajstić information content (AvgIpc) is 3.79. The van der Waals surface area contributed by atoms with E-state index < -0.39 is 42.2 Å². The molecule has 1 aromatic heterocycles. The number of ether oxygens (including phenoxy) is 1. The Kier molecular flexibility index (Phi) is 11.9. The third-order valence-corrected chi connectivity index (χ3v) is 14.6. The summed E-state index contributed by atoms with van der Waals surface area (Å²) < 4.78 is 66.7. The number of fused-ring (bicyclic) bond motifs is 1. The quantitative estimate of drug-likeness (QED) is 0.160. The second-order valence-corrected chi connectivity index (χ2v) is 18.7. The second-order valence-electron chi connectivity index (χ2n) is 18.7. The zero-order valence-electron chi connectivity index (χ0n) is 36.2. The number of methoxy groups -OCH3 is 1. The van der Waals surface area contributed by atoms with Crippen LogP contribution in [0.2, 0.25) is 0 Å². The van der Waals surface area contributed by atoms with E-state index >= 15 is 17.6 Å². The van der Waals surface area contributed by atoms with Gasteiger partial charge in [-0.3, -0.25) is 24.5 Å². The van der Waals surface area contributed by atoms with E-state index in [1.807, 2.05) is 0 Å². The van der Waals surface area contributed by atoms with E-state index in [1.165, 1.54) is 26.4 Å². The van der Waals surface area contributed by atoms with Crippen LogP contribution in [0.25, 0.3) is 0 Å². The number of hydrogen-bond donors (Lipinski definition) is 3. The molecule has 2 aliphatic carbocycles. The maximum absolute atomic E-state index is 15.6. The van der Waals surface area contributed by atoms with Gasteiger partial charge in [0.25, 0.3) is 11.8 Å². The Labute approximate surface area is 369 Å². The van der Waals surface area contributed by atoms with Crippen molar-refractivity contribution in [1.29, 1.82) is 0 Å². The molecule has 3 N–H and O–H groups in total. The van der Waals surface area contributed by atoms with Gasteiger partial charge >= 0.3 is 5.92 Å². The van der Waals surface area contributed by atoms with Gasteiger partial charge in [0.05, 0.1) is 37.1 Å². The van der Waals surface area contributed by atoms with E-state index in [1.54, 1.807) is 40.1 Å². The van der Waals surface area contributed by atoms with Crippen molar-refractivity contribution >= 4 is 52.5 Å². The number of nitrogens with zero attached hydrogens (tertiary/aromatic N) is 6. The first-order valence-corrected chi connectivity index (χ1v) is 22.5. The topological polar surface area (TPSA) is 152 Å². The van der Waals surface area contributed by atoms with Crippen LogP contribution in [0.1, 0.15) is 92.5 Å². The number of imide groups is 1. The molecule has 5 fully saturated rings. The third kappa shape index (κ3) is 8.69. The highest BCUT2D eigenvalue weighted by Gasteiger charge is 2.49. The molecule has 3 aromatic rings. The molecule has 4 amide bonds. The number of piperidine rings is 3. The van der Waals surface area contributed by atoms with Crippen molar-refractivity contribution in [3.8, 4) is 5.75 Å². The number of carbonyl (C=O) groups is 4. The summed E-state index contributed by atoms with van der Waals surface area (Å²) in [5, 5.41) is 8.61. The number of rotatable bonds is 10. The van der Waals surface area contributed by atoms with Crippen molar-refractivity contribution in [2.45, 2.75) is 101 Å². The van der Waals surface area contributed by atoms with Gasteiger partial charge in [0.15, 0.2) is 5.82 Å². The van der Waals surface area contributed by atoms with Crippen LogP contribution in [0.15, 0.2) is 42.6 Å². The normalized spacial score (nSPS) is 25.1. The van der Waals surface area contributed by atoms with Crippen molar-refractivity contribution in [3.63, 3.8) is 0 Å². The van der Waals surface area contributed by atoms with E-state index in [0.29, 0.717) is 54.2 Å². The number of benzene rings is 2. The number of alkyl halides is 3. The standard InChI is InChI=1S/C46H55F4N9O5/c1-56-37-23-51-44(55-40(37)59(31-5-3-4-6-31)26-46(49,50)43(56)63)53-35-10-7-28(20-38(35)64-2)41(61)52-30-21-45(22-30)14-17-57(18-15-45)24-29-13-16-58(25-34(29)48)36-11-8-27(19-33(36)47)32-9-12-39(60)54-42(32)62/h7-8,10-11,19-20,23,29-32,34H,3-6,9,12-18,21-22,24-26H2,1-2H3,(H,52,61)(H,51,53,55)(H,54,60,62)/t29-,32?,34-/m0/s1. The highest BCUT2D eigenvalue weighted by Crippen LogP contribution is 2.49. The van der Waals surface area contributed by atoms with Crippen LogP contribution in [0, 0.1) is 17.2 Å². The van der Waals surface area contributed by atoms with E-state index in [0.717, 1.165) is 69.4 Å². The molecule has 342 valence electrons. The molecule has 18 heteroatoms. The predicted octanol–water partition coefficient (Wildman–Crippen LogP) is 6.09. The van der Waals surface area contributed by atoms with Crippen LogP contribution in [-0.4, -0.2) is 116 Å². The fraction of sp³-hybridized carbons (Fsp3) is 0.565. The maximum Gasteiger partial charge on any atom is 0.342 e. The number of amides is 4. The third-order valence-electron chi connectivity index (χ3n) is 14.6. The van der Waals surface area contributed by atoms with Crippen molar-refractivity contribution in [3.05, 3.63) is 59.5 Å². The molecule has 1 spiro atoms. The Bertz CT molecular complexity index is 2300. The van der Waals surface area contributed by atoms with Crippen LogP contribution in [-0.2, 0) is 14.4 Å². The van der Waals surface area contributed by atoms with Gasteiger partial charge < -0.3 is 35.0 Å². The minimum Gasteiger partial charge on any atom is -0.495 e. The lowest BCUT2D eigenvalue weighted by atomic mass is 9.60. The number of likely N-dealkylation sites (tertiary alicyclic amines) is 1. The Balaban J connectivity index is 0.749. The lowest BCUT2D eigenvalue weighted by molar-refractivity contribution is -0.140. The summed E-state index contributed by atoms with van der Waals surface area (Å²) in [6.07, 6.45) is 8.32. The fourth-order valence-electron chi connectivity index (χ4n) is 10.9. The lowest BCUT2D eigenvalue weighted by Crippen LogP contribution is -2.55. The van der Waals surface area contributed by atoms with Crippen LogP contribution < -0.4 is 35.4 Å². The number of nitrogens with one attached hydrogen (secondary N) is 3. The molecule has 2 aromatic carbocycles. The highest BCUT2D eigenvalue weighted by atomic mass is 19.3. The summed E-state index contributed by atoms with van der Waals surface area (Å²) >= 11 is 0. The Morgan fingerprint density at radius 3 is 2.45 bits per heavy atom. The number of anilines is 5. The molecule has 64 heavy (non-hydrogen) atoms. The lowest BCUT2D eigenvalue weighted by Gasteiger charge is -2.53. The molecule has 2 saturated carbocycles. The Morgan fingerprint density at radius 2 is 1.75 bits per heavy atom. The maximum atomic E-state index is 15.6. The first kappa shape index (κ1) is 43.7. The van der Waals surface area contributed by atoms with Gasteiger partial charge in [-0.1, -0.05) is 18.9 Å². The molecule has 5 heterocycles. The van der Waals surface area contributed by atoms with Crippen molar-refractivity contribution < 1.29 is 41.5 Å². The smallest absolute Gasteiger partial charge is 0.342 e. The molecule has 3 atom stereocenters. The molecule has 1 unspecified atom stereocenters. The fourth-order valence-corrected chi connectivity index (χ4v) is 10.9. The molecular weight excluding hydrogens is 835 g/mol. The summed E-state index contributed by atoms with van der Waals surface area (Å²) in [4.78, 5) is 65.5.